The number of fused-ring (bicyclic) bond motifs is 1. The number of carbonyl (C=O) groups excluding carboxylic acids is 2. The number of aryl methyl sites for hydroxylation is 1. The zero-order valence-electron chi connectivity index (χ0n) is 11.1. The molecule has 6 heteroatoms. The Labute approximate surface area is 109 Å². The van der Waals surface area contributed by atoms with Crippen molar-refractivity contribution in [2.75, 3.05) is 13.7 Å². The second-order valence-electron chi connectivity index (χ2n) is 4.02. The molecule has 0 N–H and O–H groups in total. The van der Waals surface area contributed by atoms with Crippen LogP contribution in [0.1, 0.15) is 23.2 Å². The quantitative estimate of drug-likeness (QED) is 0.789. The molecule has 0 aliphatic rings. The van der Waals surface area contributed by atoms with Gasteiger partial charge >= 0.3 is 11.9 Å². The van der Waals surface area contributed by atoms with Gasteiger partial charge in [-0.05, 0) is 13.8 Å². The molecule has 2 rings (SSSR count). The summed E-state index contributed by atoms with van der Waals surface area (Å²) in [7, 11) is 1.30. The van der Waals surface area contributed by atoms with Crippen molar-refractivity contribution in [2.24, 2.45) is 0 Å². The molecule has 0 bridgehead atoms. The molecular weight excluding hydrogens is 250 g/mol. The second-order valence-corrected chi connectivity index (χ2v) is 4.02. The van der Waals surface area contributed by atoms with Crippen molar-refractivity contribution in [1.82, 2.24) is 4.57 Å². The van der Waals surface area contributed by atoms with Gasteiger partial charge in [-0.1, -0.05) is 0 Å². The summed E-state index contributed by atoms with van der Waals surface area (Å²) < 4.78 is 16.6. The summed E-state index contributed by atoms with van der Waals surface area (Å²) in [6.45, 7) is 3.72. The van der Waals surface area contributed by atoms with E-state index >= 15 is 0 Å². The first-order valence-electron chi connectivity index (χ1n) is 5.90. The van der Waals surface area contributed by atoms with Gasteiger partial charge in [-0.25, -0.2) is 4.79 Å². The maximum atomic E-state index is 11.9. The Morgan fingerprint density at radius 3 is 2.74 bits per heavy atom. The number of esters is 2. The summed E-state index contributed by atoms with van der Waals surface area (Å²) in [6, 6.07) is 3.34. The van der Waals surface area contributed by atoms with Crippen LogP contribution < -0.4 is 0 Å². The average molecular weight is 265 g/mol. The van der Waals surface area contributed by atoms with E-state index < -0.39 is 11.9 Å². The van der Waals surface area contributed by atoms with Crippen LogP contribution in [0, 0.1) is 6.92 Å². The van der Waals surface area contributed by atoms with E-state index in [1.54, 1.807) is 26.0 Å². The van der Waals surface area contributed by atoms with Gasteiger partial charge in [0.05, 0.1) is 19.2 Å². The number of ether oxygens (including phenoxy) is 2. The lowest BCUT2D eigenvalue weighted by Crippen LogP contribution is -2.17. The molecule has 0 aliphatic carbocycles. The number of methoxy groups -OCH3 is 1. The number of hydrogen-bond acceptors (Lipinski definition) is 5. The van der Waals surface area contributed by atoms with E-state index in [4.69, 9.17) is 9.15 Å². The average Bonchev–Trinajstić information content (AvgIpc) is 2.87. The minimum atomic E-state index is -0.490. The lowest BCUT2D eigenvalue weighted by Gasteiger charge is -2.07. The highest BCUT2D eigenvalue weighted by molar-refractivity contribution is 5.95. The first-order valence-corrected chi connectivity index (χ1v) is 5.90. The van der Waals surface area contributed by atoms with E-state index in [0.29, 0.717) is 16.9 Å². The van der Waals surface area contributed by atoms with E-state index in [0.717, 1.165) is 0 Å². The maximum Gasteiger partial charge on any atom is 0.355 e. The molecule has 0 amide bonds. The Kier molecular flexibility index (Phi) is 3.59. The maximum absolute atomic E-state index is 11.9. The van der Waals surface area contributed by atoms with Crippen LogP contribution in [0.25, 0.3) is 11.1 Å². The third-order valence-corrected chi connectivity index (χ3v) is 2.71. The zero-order chi connectivity index (χ0) is 14.0. The van der Waals surface area contributed by atoms with Crippen molar-refractivity contribution in [3.05, 3.63) is 23.6 Å². The highest BCUT2D eigenvalue weighted by atomic mass is 16.5. The smallest absolute Gasteiger partial charge is 0.355 e. The van der Waals surface area contributed by atoms with Crippen molar-refractivity contribution >= 4 is 23.0 Å². The Morgan fingerprint density at radius 2 is 2.11 bits per heavy atom. The SMILES string of the molecule is CCOC(=O)c1cc2oc(C)cc2n1CC(=O)OC. The fourth-order valence-corrected chi connectivity index (χ4v) is 1.90. The minimum Gasteiger partial charge on any atom is -0.468 e. The molecule has 2 heterocycles. The molecule has 6 nitrogen and oxygen atoms in total. The molecule has 102 valence electrons. The fraction of sp³-hybridized carbons (Fsp3) is 0.385. The van der Waals surface area contributed by atoms with Crippen molar-refractivity contribution in [1.29, 1.82) is 0 Å². The normalized spacial score (nSPS) is 10.7. The number of aromatic nitrogens is 1. The molecule has 0 aliphatic heterocycles. The first kappa shape index (κ1) is 13.2. The molecular formula is C13H15NO5. The predicted molar refractivity (Wildman–Crippen MR) is 66.9 cm³/mol. The number of furan rings is 1. The van der Waals surface area contributed by atoms with Crippen LogP contribution in [0.15, 0.2) is 16.5 Å². The van der Waals surface area contributed by atoms with Crippen LogP contribution >= 0.6 is 0 Å². The molecule has 0 saturated heterocycles. The molecule has 0 spiro atoms. The van der Waals surface area contributed by atoms with Gasteiger partial charge in [0.15, 0.2) is 5.58 Å². The lowest BCUT2D eigenvalue weighted by molar-refractivity contribution is -0.141. The van der Waals surface area contributed by atoms with Gasteiger partial charge in [-0.3, -0.25) is 4.79 Å². The topological polar surface area (TPSA) is 70.7 Å². The monoisotopic (exact) mass is 265 g/mol. The van der Waals surface area contributed by atoms with E-state index in [9.17, 15) is 9.59 Å². The van der Waals surface area contributed by atoms with Crippen LogP contribution in [0.4, 0.5) is 0 Å². The lowest BCUT2D eigenvalue weighted by atomic mass is 10.4. The van der Waals surface area contributed by atoms with Crippen molar-refractivity contribution in [2.45, 2.75) is 20.4 Å². The van der Waals surface area contributed by atoms with Gasteiger partial charge in [0.1, 0.15) is 18.0 Å². The Hall–Kier alpha value is -2.24. The Morgan fingerprint density at radius 1 is 1.37 bits per heavy atom. The molecule has 0 aromatic carbocycles. The summed E-state index contributed by atoms with van der Waals surface area (Å²) in [5, 5.41) is 0. The fourth-order valence-electron chi connectivity index (χ4n) is 1.90. The standard InChI is InChI=1S/C13H15NO5/c1-4-18-13(16)10-6-11-9(5-8(2)19-11)14(10)7-12(15)17-3/h5-6H,4,7H2,1-3H3. The first-order chi connectivity index (χ1) is 9.06. The molecule has 0 saturated carbocycles. The number of rotatable bonds is 4. The van der Waals surface area contributed by atoms with Gasteiger partial charge in [-0.15, -0.1) is 0 Å². The second kappa shape index (κ2) is 5.17. The van der Waals surface area contributed by atoms with E-state index in [1.165, 1.54) is 11.7 Å². The van der Waals surface area contributed by atoms with Crippen LogP contribution in [-0.4, -0.2) is 30.2 Å². The largest absolute Gasteiger partial charge is 0.468 e. The molecule has 19 heavy (non-hydrogen) atoms. The molecule has 0 atom stereocenters. The summed E-state index contributed by atoms with van der Waals surface area (Å²) in [4.78, 5) is 23.3. The molecule has 2 aromatic rings. The van der Waals surface area contributed by atoms with Crippen LogP contribution in [-0.2, 0) is 20.8 Å². The highest BCUT2D eigenvalue weighted by Crippen LogP contribution is 2.24. The summed E-state index contributed by atoms with van der Waals surface area (Å²) in [6.07, 6.45) is 0. The van der Waals surface area contributed by atoms with E-state index in [-0.39, 0.29) is 18.8 Å². The summed E-state index contributed by atoms with van der Waals surface area (Å²) >= 11 is 0. The third-order valence-electron chi connectivity index (χ3n) is 2.71. The molecule has 0 unspecified atom stereocenters. The van der Waals surface area contributed by atoms with Crippen molar-refractivity contribution < 1.29 is 23.5 Å². The molecule has 0 fully saturated rings. The highest BCUT2D eigenvalue weighted by Gasteiger charge is 2.21. The van der Waals surface area contributed by atoms with Crippen LogP contribution in [0.2, 0.25) is 0 Å². The Balaban J connectivity index is 2.49. The van der Waals surface area contributed by atoms with Crippen LogP contribution in [0.3, 0.4) is 0 Å². The predicted octanol–water partition coefficient (Wildman–Crippen LogP) is 1.89. The van der Waals surface area contributed by atoms with E-state index in [2.05, 4.69) is 4.74 Å². The summed E-state index contributed by atoms with van der Waals surface area (Å²) in [5.74, 6) is -0.226. The Bertz CT molecular complexity index is 622. The number of hydrogen-bond donors (Lipinski definition) is 0. The number of nitrogens with zero attached hydrogens (tertiary/aromatic N) is 1. The third kappa shape index (κ3) is 2.47. The molecule has 2 aromatic heterocycles. The molecule has 0 radical (unpaired) electrons. The minimum absolute atomic E-state index is 0.0624. The summed E-state index contributed by atoms with van der Waals surface area (Å²) in [5.41, 5.74) is 1.50. The zero-order valence-corrected chi connectivity index (χ0v) is 11.1. The van der Waals surface area contributed by atoms with Gasteiger partial charge in [0.25, 0.3) is 0 Å². The van der Waals surface area contributed by atoms with Gasteiger partial charge in [0, 0.05) is 12.1 Å². The van der Waals surface area contributed by atoms with E-state index in [1.807, 2.05) is 0 Å². The van der Waals surface area contributed by atoms with Gasteiger partial charge < -0.3 is 18.5 Å². The van der Waals surface area contributed by atoms with Crippen molar-refractivity contribution in [3.8, 4) is 0 Å². The van der Waals surface area contributed by atoms with Crippen LogP contribution in [0.5, 0.6) is 0 Å². The van der Waals surface area contributed by atoms with Gasteiger partial charge in [-0.2, -0.15) is 0 Å². The van der Waals surface area contributed by atoms with Crippen molar-refractivity contribution in [3.63, 3.8) is 0 Å². The number of carbonyl (C=O) groups is 2. The van der Waals surface area contributed by atoms with Gasteiger partial charge in [0.2, 0.25) is 0 Å².